The van der Waals surface area contributed by atoms with Gasteiger partial charge in [-0.05, 0) is 30.8 Å². The van der Waals surface area contributed by atoms with Crippen molar-refractivity contribution < 1.29 is 0 Å². The first-order valence-corrected chi connectivity index (χ1v) is 6.04. The quantitative estimate of drug-likeness (QED) is 0.817. The molecule has 3 rings (SSSR count). The maximum absolute atomic E-state index is 5.69. The van der Waals surface area contributed by atoms with E-state index >= 15 is 0 Å². The van der Waals surface area contributed by atoms with E-state index in [0.717, 1.165) is 5.69 Å². The summed E-state index contributed by atoms with van der Waals surface area (Å²) < 4.78 is 0. The highest BCUT2D eigenvalue weighted by molar-refractivity contribution is 5.85. The third-order valence-corrected chi connectivity index (χ3v) is 3.88. The summed E-state index contributed by atoms with van der Waals surface area (Å²) in [6.07, 6.45) is 0. The Kier molecular flexibility index (Phi) is 3.23. The summed E-state index contributed by atoms with van der Waals surface area (Å²) in [5.74, 6) is 0. The Balaban J connectivity index is 0.00000108. The van der Waals surface area contributed by atoms with Gasteiger partial charge in [0.1, 0.15) is 0 Å². The number of nitrogens with zero attached hydrogens (tertiary/aromatic N) is 2. The summed E-state index contributed by atoms with van der Waals surface area (Å²) in [5, 5.41) is 0. The van der Waals surface area contributed by atoms with E-state index in [4.69, 9.17) is 5.73 Å². The van der Waals surface area contributed by atoms with Gasteiger partial charge in [0.05, 0.1) is 0 Å². The van der Waals surface area contributed by atoms with Gasteiger partial charge in [-0.15, -0.1) is 12.4 Å². The minimum absolute atomic E-state index is 0. The van der Waals surface area contributed by atoms with Gasteiger partial charge in [0, 0.05) is 43.0 Å². The molecule has 4 heteroatoms. The maximum Gasteiger partial charge on any atom is 0.0368 e. The number of halogens is 1. The van der Waals surface area contributed by atoms with E-state index < -0.39 is 0 Å². The summed E-state index contributed by atoms with van der Waals surface area (Å²) in [6.45, 7) is 8.44. The Morgan fingerprint density at radius 3 is 2.24 bits per heavy atom. The van der Waals surface area contributed by atoms with Gasteiger partial charge in [0.2, 0.25) is 0 Å². The van der Waals surface area contributed by atoms with Crippen LogP contribution in [0.2, 0.25) is 0 Å². The summed E-state index contributed by atoms with van der Waals surface area (Å²) in [6, 6.07) is 8.22. The zero-order valence-electron chi connectivity index (χ0n) is 10.2. The smallest absolute Gasteiger partial charge is 0.0368 e. The van der Waals surface area contributed by atoms with Crippen molar-refractivity contribution in [2.45, 2.75) is 6.92 Å². The van der Waals surface area contributed by atoms with Crippen LogP contribution in [0.3, 0.4) is 0 Å². The second-order valence-corrected chi connectivity index (χ2v) is 5.25. The number of hydrogen-bond donors (Lipinski definition) is 1. The molecule has 0 aromatic heterocycles. The minimum Gasteiger partial charge on any atom is -0.399 e. The van der Waals surface area contributed by atoms with Gasteiger partial charge in [-0.3, -0.25) is 0 Å². The average molecular weight is 254 g/mol. The van der Waals surface area contributed by atoms with Crippen molar-refractivity contribution in [3.05, 3.63) is 24.3 Å². The molecule has 0 saturated carbocycles. The van der Waals surface area contributed by atoms with Crippen molar-refractivity contribution in [2.75, 3.05) is 43.4 Å². The Labute approximate surface area is 109 Å². The van der Waals surface area contributed by atoms with Crippen LogP contribution >= 0.6 is 12.4 Å². The molecule has 1 aromatic carbocycles. The van der Waals surface area contributed by atoms with Crippen molar-refractivity contribution in [3.8, 4) is 0 Å². The zero-order valence-corrected chi connectivity index (χ0v) is 11.0. The van der Waals surface area contributed by atoms with Gasteiger partial charge in [-0.2, -0.15) is 0 Å². The molecule has 1 aromatic rings. The van der Waals surface area contributed by atoms with Gasteiger partial charge < -0.3 is 15.5 Å². The molecular formula is C13H20ClN3. The standard InChI is InChI=1S/C13H19N3.ClH/c1-2-15-7-13(8-15)9-16(10-13)12-5-3-11(14)4-6-12;/h3-6H,2,7-10,14H2,1H3;1H. The lowest BCUT2D eigenvalue weighted by molar-refractivity contribution is -0.0177. The normalized spacial score (nSPS) is 21.6. The lowest BCUT2D eigenvalue weighted by Gasteiger charge is -2.61. The predicted octanol–water partition coefficient (Wildman–Crippen LogP) is 1.83. The second-order valence-electron chi connectivity index (χ2n) is 5.25. The lowest BCUT2D eigenvalue weighted by Crippen LogP contribution is -2.72. The largest absolute Gasteiger partial charge is 0.399 e. The molecule has 0 atom stereocenters. The van der Waals surface area contributed by atoms with Gasteiger partial charge in [0.25, 0.3) is 0 Å². The monoisotopic (exact) mass is 253 g/mol. The van der Waals surface area contributed by atoms with Crippen LogP contribution < -0.4 is 10.6 Å². The molecule has 0 radical (unpaired) electrons. The number of nitrogens with two attached hydrogens (primary N) is 1. The molecule has 0 aliphatic carbocycles. The number of anilines is 2. The molecule has 2 fully saturated rings. The van der Waals surface area contributed by atoms with E-state index in [1.54, 1.807) is 0 Å². The molecule has 2 aliphatic rings. The van der Waals surface area contributed by atoms with Crippen molar-refractivity contribution >= 4 is 23.8 Å². The molecule has 0 unspecified atom stereocenters. The van der Waals surface area contributed by atoms with E-state index in [9.17, 15) is 0 Å². The van der Waals surface area contributed by atoms with Crippen LogP contribution in [0.25, 0.3) is 0 Å². The number of nitrogen functional groups attached to an aromatic ring is 1. The molecular weight excluding hydrogens is 234 g/mol. The topological polar surface area (TPSA) is 32.5 Å². The highest BCUT2D eigenvalue weighted by atomic mass is 35.5. The number of rotatable bonds is 2. The van der Waals surface area contributed by atoms with Crippen molar-refractivity contribution in [3.63, 3.8) is 0 Å². The lowest BCUT2D eigenvalue weighted by atomic mass is 9.72. The van der Waals surface area contributed by atoms with Crippen LogP contribution in [0.1, 0.15) is 6.92 Å². The molecule has 0 amide bonds. The van der Waals surface area contributed by atoms with Gasteiger partial charge in [-0.1, -0.05) is 6.92 Å². The van der Waals surface area contributed by atoms with Crippen molar-refractivity contribution in [2.24, 2.45) is 5.41 Å². The van der Waals surface area contributed by atoms with Crippen molar-refractivity contribution in [1.29, 1.82) is 0 Å². The number of hydrogen-bond acceptors (Lipinski definition) is 3. The fourth-order valence-electron chi connectivity index (χ4n) is 2.96. The Morgan fingerprint density at radius 1 is 1.12 bits per heavy atom. The summed E-state index contributed by atoms with van der Waals surface area (Å²) >= 11 is 0. The molecule has 2 N–H and O–H groups in total. The first kappa shape index (κ1) is 12.5. The van der Waals surface area contributed by atoms with Gasteiger partial charge in [-0.25, -0.2) is 0 Å². The van der Waals surface area contributed by atoms with Crippen LogP contribution in [0.5, 0.6) is 0 Å². The van der Waals surface area contributed by atoms with Crippen LogP contribution in [-0.2, 0) is 0 Å². The predicted molar refractivity (Wildman–Crippen MR) is 74.9 cm³/mol. The van der Waals surface area contributed by atoms with Crippen LogP contribution in [0.4, 0.5) is 11.4 Å². The molecule has 2 aliphatic heterocycles. The third kappa shape index (κ3) is 2.09. The van der Waals surface area contributed by atoms with E-state index in [1.165, 1.54) is 38.4 Å². The Hall–Kier alpha value is -0.930. The fraction of sp³-hybridized carbons (Fsp3) is 0.538. The molecule has 2 heterocycles. The highest BCUT2D eigenvalue weighted by Crippen LogP contribution is 2.41. The number of likely N-dealkylation sites (tertiary alicyclic amines) is 1. The number of benzene rings is 1. The third-order valence-electron chi connectivity index (χ3n) is 3.88. The fourth-order valence-corrected chi connectivity index (χ4v) is 2.96. The van der Waals surface area contributed by atoms with E-state index in [1.807, 2.05) is 12.1 Å². The summed E-state index contributed by atoms with van der Waals surface area (Å²) in [7, 11) is 0. The molecule has 3 nitrogen and oxygen atoms in total. The van der Waals surface area contributed by atoms with E-state index in [0.29, 0.717) is 5.41 Å². The SMILES string of the molecule is CCN1CC2(C1)CN(c1ccc(N)cc1)C2.Cl. The Morgan fingerprint density at radius 2 is 1.71 bits per heavy atom. The second kappa shape index (κ2) is 4.39. The van der Waals surface area contributed by atoms with Crippen LogP contribution in [-0.4, -0.2) is 37.6 Å². The molecule has 94 valence electrons. The van der Waals surface area contributed by atoms with E-state index in [2.05, 4.69) is 28.9 Å². The molecule has 2 saturated heterocycles. The van der Waals surface area contributed by atoms with Crippen LogP contribution in [0, 0.1) is 5.41 Å². The van der Waals surface area contributed by atoms with Gasteiger partial charge >= 0.3 is 0 Å². The first-order chi connectivity index (χ1) is 7.71. The molecule has 0 bridgehead atoms. The summed E-state index contributed by atoms with van der Waals surface area (Å²) in [4.78, 5) is 4.97. The zero-order chi connectivity index (χ0) is 11.2. The molecule has 17 heavy (non-hydrogen) atoms. The average Bonchev–Trinajstić information content (AvgIpc) is 2.17. The molecule has 1 spiro atoms. The highest BCUT2D eigenvalue weighted by Gasteiger charge is 2.50. The van der Waals surface area contributed by atoms with Crippen molar-refractivity contribution in [1.82, 2.24) is 4.90 Å². The summed E-state index contributed by atoms with van der Waals surface area (Å²) in [5.41, 5.74) is 8.46. The Bertz CT molecular complexity index is 376. The van der Waals surface area contributed by atoms with Gasteiger partial charge in [0.15, 0.2) is 0 Å². The minimum atomic E-state index is 0. The van der Waals surface area contributed by atoms with Crippen LogP contribution in [0.15, 0.2) is 24.3 Å². The van der Waals surface area contributed by atoms with E-state index in [-0.39, 0.29) is 12.4 Å². The maximum atomic E-state index is 5.69. The first-order valence-electron chi connectivity index (χ1n) is 6.04.